The van der Waals surface area contributed by atoms with E-state index in [-0.39, 0.29) is 5.91 Å². The molecule has 2 N–H and O–H groups in total. The monoisotopic (exact) mass is 285 g/mol. The van der Waals surface area contributed by atoms with Gasteiger partial charge >= 0.3 is 0 Å². The van der Waals surface area contributed by atoms with Crippen LogP contribution in [0.5, 0.6) is 0 Å². The lowest BCUT2D eigenvalue weighted by atomic mass is 9.88. The Morgan fingerprint density at radius 3 is 3.10 bits per heavy atom. The van der Waals surface area contributed by atoms with E-state index < -0.39 is 0 Å². The Hall–Kier alpha value is -2.11. The van der Waals surface area contributed by atoms with Gasteiger partial charge in [0.05, 0.1) is 5.39 Å². The fourth-order valence-electron chi connectivity index (χ4n) is 3.82. The third-order valence-corrected chi connectivity index (χ3v) is 4.91. The Bertz CT molecular complexity index is 682. The van der Waals surface area contributed by atoms with Crippen molar-refractivity contribution in [2.45, 2.75) is 25.3 Å². The molecular weight excluding hydrogens is 266 g/mol. The number of aromatic nitrogens is 3. The quantitative estimate of drug-likeness (QED) is 0.879. The zero-order valence-corrected chi connectivity index (χ0v) is 12.0. The van der Waals surface area contributed by atoms with Crippen molar-refractivity contribution in [2.24, 2.45) is 11.8 Å². The van der Waals surface area contributed by atoms with E-state index in [0.717, 1.165) is 36.2 Å². The Labute approximate surface area is 123 Å². The molecule has 3 heterocycles. The van der Waals surface area contributed by atoms with E-state index in [1.165, 1.54) is 0 Å². The minimum atomic E-state index is 0.284. The van der Waals surface area contributed by atoms with Crippen molar-refractivity contribution >= 4 is 22.8 Å². The van der Waals surface area contributed by atoms with Gasteiger partial charge in [0.15, 0.2) is 0 Å². The average molecular weight is 285 g/mol. The molecule has 0 radical (unpaired) electrons. The normalized spacial score (nSPS) is 28.9. The van der Waals surface area contributed by atoms with Gasteiger partial charge in [-0.1, -0.05) is 0 Å². The van der Waals surface area contributed by atoms with Gasteiger partial charge in [0.25, 0.3) is 0 Å². The zero-order chi connectivity index (χ0) is 14.4. The highest BCUT2D eigenvalue weighted by molar-refractivity contribution is 5.86. The van der Waals surface area contributed by atoms with Gasteiger partial charge in [-0.05, 0) is 30.7 Å². The third kappa shape index (κ3) is 2.14. The second-order valence-corrected chi connectivity index (χ2v) is 6.27. The number of likely N-dealkylation sites (tertiary alicyclic amines) is 1. The second kappa shape index (κ2) is 4.72. The molecule has 0 spiro atoms. The van der Waals surface area contributed by atoms with Crippen LogP contribution in [0.4, 0.5) is 5.82 Å². The van der Waals surface area contributed by atoms with Crippen LogP contribution in [0.3, 0.4) is 0 Å². The first kappa shape index (κ1) is 12.6. The number of fused-ring (bicyclic) bond motifs is 2. The highest BCUT2D eigenvalue weighted by Gasteiger charge is 2.40. The lowest BCUT2D eigenvalue weighted by Crippen LogP contribution is -2.39. The molecule has 2 aliphatic rings. The Kier molecular flexibility index (Phi) is 2.83. The van der Waals surface area contributed by atoms with Crippen LogP contribution in [0.15, 0.2) is 18.6 Å². The number of nitrogens with zero attached hydrogens (tertiary/aromatic N) is 3. The predicted octanol–water partition coefficient (Wildman–Crippen LogP) is 1.63. The van der Waals surface area contributed by atoms with Crippen LogP contribution in [0.25, 0.3) is 11.0 Å². The maximum Gasteiger partial charge on any atom is 0.222 e. The van der Waals surface area contributed by atoms with Gasteiger partial charge in [-0.15, -0.1) is 0 Å². The summed E-state index contributed by atoms with van der Waals surface area (Å²) in [4.78, 5) is 25.4. The van der Waals surface area contributed by atoms with Crippen molar-refractivity contribution in [2.75, 3.05) is 18.9 Å². The molecule has 2 fully saturated rings. The first-order valence-corrected chi connectivity index (χ1v) is 7.49. The molecule has 1 amide bonds. The van der Waals surface area contributed by atoms with E-state index in [1.54, 1.807) is 6.33 Å². The summed E-state index contributed by atoms with van der Waals surface area (Å²) in [5.41, 5.74) is 0.859. The first-order valence-electron chi connectivity index (χ1n) is 7.49. The number of anilines is 1. The van der Waals surface area contributed by atoms with Gasteiger partial charge < -0.3 is 15.2 Å². The van der Waals surface area contributed by atoms with Crippen molar-refractivity contribution in [3.8, 4) is 0 Å². The molecule has 1 aliphatic carbocycles. The van der Waals surface area contributed by atoms with E-state index in [0.29, 0.717) is 24.3 Å². The SMILES string of the molecule is CN1CC2CC(Nc3ncnc4[nH]ccc34)CC2CC1=O. The lowest BCUT2D eigenvalue weighted by molar-refractivity contribution is -0.134. The van der Waals surface area contributed by atoms with Crippen LogP contribution >= 0.6 is 0 Å². The van der Waals surface area contributed by atoms with Crippen LogP contribution in [0.1, 0.15) is 19.3 Å². The highest BCUT2D eigenvalue weighted by Crippen LogP contribution is 2.39. The Morgan fingerprint density at radius 2 is 2.19 bits per heavy atom. The van der Waals surface area contributed by atoms with Crippen LogP contribution < -0.4 is 5.32 Å². The van der Waals surface area contributed by atoms with Crippen LogP contribution in [-0.2, 0) is 4.79 Å². The lowest BCUT2D eigenvalue weighted by Gasteiger charge is -2.31. The standard InChI is InChI=1S/C15H19N5O/c1-20-7-10-5-11(4-9(10)6-13(20)21)19-15-12-2-3-16-14(12)17-8-18-15/h2-3,8-11H,4-7H2,1H3,(H2,16,17,18,19). The maximum absolute atomic E-state index is 11.8. The molecule has 110 valence electrons. The van der Waals surface area contributed by atoms with E-state index >= 15 is 0 Å². The Morgan fingerprint density at radius 1 is 1.33 bits per heavy atom. The summed E-state index contributed by atoms with van der Waals surface area (Å²) in [6, 6.07) is 2.39. The highest BCUT2D eigenvalue weighted by atomic mass is 16.2. The van der Waals surface area contributed by atoms with Crippen LogP contribution in [0.2, 0.25) is 0 Å². The van der Waals surface area contributed by atoms with Crippen LogP contribution in [-0.4, -0.2) is 45.4 Å². The molecule has 2 aromatic rings. The van der Waals surface area contributed by atoms with E-state index in [9.17, 15) is 4.79 Å². The number of carbonyl (C=O) groups is 1. The van der Waals surface area contributed by atoms with Crippen molar-refractivity contribution < 1.29 is 4.79 Å². The van der Waals surface area contributed by atoms with Crippen LogP contribution in [0, 0.1) is 11.8 Å². The minimum absolute atomic E-state index is 0.284. The van der Waals surface area contributed by atoms with E-state index in [1.807, 2.05) is 24.2 Å². The number of hydrogen-bond acceptors (Lipinski definition) is 4. The fourth-order valence-corrected chi connectivity index (χ4v) is 3.82. The van der Waals surface area contributed by atoms with Gasteiger partial charge in [-0.3, -0.25) is 4.79 Å². The van der Waals surface area contributed by atoms with Gasteiger partial charge in [0, 0.05) is 32.3 Å². The number of carbonyl (C=O) groups excluding carboxylic acids is 1. The maximum atomic E-state index is 11.8. The predicted molar refractivity (Wildman–Crippen MR) is 79.8 cm³/mol. The number of H-pyrrole nitrogens is 1. The van der Waals surface area contributed by atoms with Gasteiger partial charge in [0.1, 0.15) is 17.8 Å². The third-order valence-electron chi connectivity index (χ3n) is 4.91. The molecule has 21 heavy (non-hydrogen) atoms. The minimum Gasteiger partial charge on any atom is -0.367 e. The molecule has 3 unspecified atom stereocenters. The molecule has 2 aromatic heterocycles. The molecule has 0 bridgehead atoms. The largest absolute Gasteiger partial charge is 0.367 e. The number of piperidine rings is 1. The van der Waals surface area contributed by atoms with Crippen molar-refractivity contribution in [3.05, 3.63) is 18.6 Å². The summed E-state index contributed by atoms with van der Waals surface area (Å²) in [5, 5.41) is 4.58. The summed E-state index contributed by atoms with van der Waals surface area (Å²) in [7, 11) is 1.91. The van der Waals surface area contributed by atoms with Gasteiger partial charge in [-0.25, -0.2) is 9.97 Å². The summed E-state index contributed by atoms with van der Waals surface area (Å²) in [5.74, 6) is 2.32. The fraction of sp³-hybridized carbons (Fsp3) is 0.533. The average Bonchev–Trinajstić information content (AvgIpc) is 3.06. The Balaban J connectivity index is 1.52. The molecule has 6 heteroatoms. The topological polar surface area (TPSA) is 73.9 Å². The summed E-state index contributed by atoms with van der Waals surface area (Å²) in [6.45, 7) is 0.894. The first-order chi connectivity index (χ1) is 10.2. The number of aromatic amines is 1. The van der Waals surface area contributed by atoms with Gasteiger partial charge in [0.2, 0.25) is 5.91 Å². The number of amides is 1. The van der Waals surface area contributed by atoms with Crippen molar-refractivity contribution in [3.63, 3.8) is 0 Å². The molecule has 0 aromatic carbocycles. The van der Waals surface area contributed by atoms with E-state index in [2.05, 4.69) is 20.3 Å². The number of hydrogen-bond donors (Lipinski definition) is 2. The molecule has 6 nitrogen and oxygen atoms in total. The molecule has 4 rings (SSSR count). The smallest absolute Gasteiger partial charge is 0.222 e. The van der Waals surface area contributed by atoms with Gasteiger partial charge in [-0.2, -0.15) is 0 Å². The molecule has 1 saturated carbocycles. The summed E-state index contributed by atoms with van der Waals surface area (Å²) >= 11 is 0. The van der Waals surface area contributed by atoms with E-state index in [4.69, 9.17) is 0 Å². The molecule has 1 aliphatic heterocycles. The van der Waals surface area contributed by atoms with Crippen molar-refractivity contribution in [1.82, 2.24) is 19.9 Å². The van der Waals surface area contributed by atoms with Crippen molar-refractivity contribution in [1.29, 1.82) is 0 Å². The molecule has 3 atom stereocenters. The number of rotatable bonds is 2. The zero-order valence-electron chi connectivity index (χ0n) is 12.0. The summed E-state index contributed by atoms with van der Waals surface area (Å²) in [6.07, 6.45) is 6.33. The summed E-state index contributed by atoms with van der Waals surface area (Å²) < 4.78 is 0. The molecular formula is C15H19N5O. The molecule has 1 saturated heterocycles. The number of nitrogens with one attached hydrogen (secondary N) is 2. The second-order valence-electron chi connectivity index (χ2n) is 6.27.